The summed E-state index contributed by atoms with van der Waals surface area (Å²) in [7, 11) is 1.83. The first-order valence-corrected chi connectivity index (χ1v) is 9.71. The maximum absolute atomic E-state index is 13.3. The number of rotatable bonds is 5. The summed E-state index contributed by atoms with van der Waals surface area (Å²) < 4.78 is 28.4. The van der Waals surface area contributed by atoms with Crippen molar-refractivity contribution in [2.45, 2.75) is 84.0 Å². The number of aryl methyl sites for hydroxylation is 1. The van der Waals surface area contributed by atoms with Crippen LogP contribution in [0.15, 0.2) is 0 Å². The van der Waals surface area contributed by atoms with Gasteiger partial charge in [-0.3, -0.25) is 9.48 Å². The topological polar surface area (TPSA) is 46.9 Å². The van der Waals surface area contributed by atoms with Crippen molar-refractivity contribution in [2.24, 2.45) is 18.4 Å². The zero-order valence-electron chi connectivity index (χ0n) is 16.5. The minimum absolute atomic E-state index is 0.00954. The minimum atomic E-state index is -2.52. The van der Waals surface area contributed by atoms with Crippen molar-refractivity contribution in [1.29, 1.82) is 0 Å². The highest BCUT2D eigenvalue weighted by Crippen LogP contribution is 2.51. The average Bonchev–Trinajstić information content (AvgIpc) is 2.69. The molecule has 4 nitrogen and oxygen atoms in total. The molecule has 1 aromatic heterocycles. The third-order valence-electron chi connectivity index (χ3n) is 5.83. The number of carbonyl (C=O) groups is 1. The predicted molar refractivity (Wildman–Crippen MR) is 98.6 cm³/mol. The van der Waals surface area contributed by atoms with Crippen LogP contribution in [-0.2, 0) is 11.8 Å². The van der Waals surface area contributed by atoms with Gasteiger partial charge >= 0.3 is 0 Å². The number of aromatic nitrogens is 2. The number of amides is 1. The van der Waals surface area contributed by atoms with Gasteiger partial charge in [0.1, 0.15) is 5.82 Å². The van der Waals surface area contributed by atoms with E-state index in [1.54, 1.807) is 4.68 Å². The van der Waals surface area contributed by atoms with E-state index in [2.05, 4.69) is 10.4 Å². The Balaban J connectivity index is 1.85. The summed E-state index contributed by atoms with van der Waals surface area (Å²) >= 11 is 0. The van der Waals surface area contributed by atoms with Crippen LogP contribution in [0.2, 0.25) is 0 Å². The molecular formula is C20H31F2N3O. The van der Waals surface area contributed by atoms with E-state index in [0.29, 0.717) is 12.3 Å². The number of hydrogen-bond donors (Lipinski definition) is 1. The lowest BCUT2D eigenvalue weighted by Crippen LogP contribution is -2.38. The molecule has 3 rings (SSSR count). The van der Waals surface area contributed by atoms with E-state index in [1.165, 1.54) is 6.42 Å². The molecule has 0 aliphatic heterocycles. The van der Waals surface area contributed by atoms with E-state index >= 15 is 0 Å². The Morgan fingerprint density at radius 2 is 1.96 bits per heavy atom. The number of nitrogens with zero attached hydrogens (tertiary/aromatic N) is 2. The monoisotopic (exact) mass is 367 g/mol. The molecule has 1 aromatic rings. The lowest BCUT2D eigenvalue weighted by Gasteiger charge is -2.39. The largest absolute Gasteiger partial charge is 0.311 e. The molecule has 0 spiro atoms. The zero-order chi connectivity index (χ0) is 19.3. The number of hydrogen-bond acceptors (Lipinski definition) is 2. The van der Waals surface area contributed by atoms with Crippen LogP contribution in [0, 0.1) is 11.3 Å². The van der Waals surface area contributed by atoms with Crippen molar-refractivity contribution >= 4 is 11.7 Å². The van der Waals surface area contributed by atoms with Gasteiger partial charge in [-0.05, 0) is 30.1 Å². The molecule has 2 aliphatic rings. The second-order valence-corrected chi connectivity index (χ2v) is 9.50. The van der Waals surface area contributed by atoms with Crippen LogP contribution in [0.3, 0.4) is 0 Å². The van der Waals surface area contributed by atoms with E-state index in [9.17, 15) is 13.6 Å². The van der Waals surface area contributed by atoms with E-state index < -0.39 is 5.92 Å². The summed E-state index contributed by atoms with van der Waals surface area (Å²) in [6, 6.07) is 0. The predicted octanol–water partition coefficient (Wildman–Crippen LogP) is 5.21. The Hall–Kier alpha value is -1.46. The molecule has 1 atom stereocenters. The Bertz CT molecular complexity index is 678. The third-order valence-corrected chi connectivity index (χ3v) is 5.83. The summed E-state index contributed by atoms with van der Waals surface area (Å²) in [5.74, 6) is -1.44. The molecule has 2 saturated carbocycles. The fourth-order valence-electron chi connectivity index (χ4n) is 4.09. The molecule has 6 heteroatoms. The fourth-order valence-corrected chi connectivity index (χ4v) is 4.09. The Labute approximate surface area is 154 Å². The molecule has 2 aliphatic carbocycles. The van der Waals surface area contributed by atoms with Crippen LogP contribution in [0.5, 0.6) is 0 Å². The molecule has 26 heavy (non-hydrogen) atoms. The number of alkyl halides is 2. The van der Waals surface area contributed by atoms with Crippen LogP contribution < -0.4 is 5.32 Å². The van der Waals surface area contributed by atoms with Crippen molar-refractivity contribution in [1.82, 2.24) is 9.78 Å². The van der Waals surface area contributed by atoms with E-state index in [-0.39, 0.29) is 36.0 Å². The number of halogens is 2. The van der Waals surface area contributed by atoms with Gasteiger partial charge in [0.15, 0.2) is 0 Å². The van der Waals surface area contributed by atoms with Gasteiger partial charge in [0, 0.05) is 37.8 Å². The molecule has 0 saturated heterocycles. The lowest BCUT2D eigenvalue weighted by molar-refractivity contribution is -0.118. The first-order chi connectivity index (χ1) is 12.0. The normalized spacial score (nSPS) is 21.8. The molecule has 146 valence electrons. The van der Waals surface area contributed by atoms with E-state index in [4.69, 9.17) is 0 Å². The van der Waals surface area contributed by atoms with Gasteiger partial charge in [-0.1, -0.05) is 34.1 Å². The SMILES string of the molecule is C[C@H](c1nn(C)c(NC(=O)CC(C)(C)C)c1C1CCC1)C1CC(F)(F)C1. The van der Waals surface area contributed by atoms with Crippen molar-refractivity contribution in [3.63, 3.8) is 0 Å². The summed E-state index contributed by atoms with van der Waals surface area (Å²) in [4.78, 5) is 12.5. The second kappa shape index (κ2) is 6.61. The first-order valence-electron chi connectivity index (χ1n) is 9.71. The fraction of sp³-hybridized carbons (Fsp3) is 0.800. The first kappa shape index (κ1) is 19.3. The van der Waals surface area contributed by atoms with Gasteiger partial charge in [-0.25, -0.2) is 8.78 Å². The molecule has 1 N–H and O–H groups in total. The molecule has 0 radical (unpaired) electrons. The summed E-state index contributed by atoms with van der Waals surface area (Å²) in [6.45, 7) is 8.11. The molecule has 2 fully saturated rings. The van der Waals surface area contributed by atoms with Crippen LogP contribution in [-0.4, -0.2) is 21.6 Å². The van der Waals surface area contributed by atoms with Crippen molar-refractivity contribution < 1.29 is 13.6 Å². The van der Waals surface area contributed by atoms with E-state index in [1.807, 2.05) is 34.7 Å². The number of nitrogens with one attached hydrogen (secondary N) is 1. The smallest absolute Gasteiger partial charge is 0.248 e. The van der Waals surface area contributed by atoms with Crippen molar-refractivity contribution in [3.05, 3.63) is 11.3 Å². The van der Waals surface area contributed by atoms with Crippen LogP contribution >= 0.6 is 0 Å². The minimum Gasteiger partial charge on any atom is -0.311 e. The van der Waals surface area contributed by atoms with Gasteiger partial charge in [-0.2, -0.15) is 5.10 Å². The molecular weight excluding hydrogens is 336 g/mol. The Kier molecular flexibility index (Phi) is 4.91. The highest BCUT2D eigenvalue weighted by molar-refractivity contribution is 5.91. The summed E-state index contributed by atoms with van der Waals surface area (Å²) in [6.07, 6.45) is 3.65. The maximum Gasteiger partial charge on any atom is 0.248 e. The lowest BCUT2D eigenvalue weighted by atomic mass is 9.70. The third kappa shape index (κ3) is 3.94. The highest BCUT2D eigenvalue weighted by atomic mass is 19.3. The molecule has 1 heterocycles. The zero-order valence-corrected chi connectivity index (χ0v) is 16.5. The summed E-state index contributed by atoms with van der Waals surface area (Å²) in [5, 5.41) is 7.74. The average molecular weight is 367 g/mol. The molecule has 0 bridgehead atoms. The van der Waals surface area contributed by atoms with Crippen LogP contribution in [0.4, 0.5) is 14.6 Å². The second-order valence-electron chi connectivity index (χ2n) is 9.50. The highest BCUT2D eigenvalue weighted by Gasteiger charge is 2.49. The van der Waals surface area contributed by atoms with Gasteiger partial charge in [0.25, 0.3) is 0 Å². The van der Waals surface area contributed by atoms with Crippen LogP contribution in [0.25, 0.3) is 0 Å². The molecule has 0 unspecified atom stereocenters. The maximum atomic E-state index is 13.3. The Morgan fingerprint density at radius 3 is 2.42 bits per heavy atom. The summed E-state index contributed by atoms with van der Waals surface area (Å²) in [5.41, 5.74) is 1.90. The van der Waals surface area contributed by atoms with E-state index in [0.717, 1.165) is 29.9 Å². The van der Waals surface area contributed by atoms with Gasteiger partial charge in [-0.15, -0.1) is 0 Å². The van der Waals surface area contributed by atoms with Gasteiger partial charge in [0.2, 0.25) is 11.8 Å². The molecule has 1 amide bonds. The van der Waals surface area contributed by atoms with Gasteiger partial charge in [0.05, 0.1) is 5.69 Å². The van der Waals surface area contributed by atoms with Crippen molar-refractivity contribution in [3.8, 4) is 0 Å². The Morgan fingerprint density at radius 1 is 1.35 bits per heavy atom. The number of carbonyl (C=O) groups excluding carboxylic acids is 1. The van der Waals surface area contributed by atoms with Gasteiger partial charge < -0.3 is 5.32 Å². The quantitative estimate of drug-likeness (QED) is 0.776. The van der Waals surface area contributed by atoms with Crippen molar-refractivity contribution in [2.75, 3.05) is 5.32 Å². The standard InChI is InChI=1S/C20H31F2N3O/c1-12(14-9-20(21,22)10-14)17-16(13-7-6-8-13)18(25(5)24-17)23-15(26)11-19(2,3)4/h12-14H,6-11H2,1-5H3,(H,23,26)/t12-/m0/s1. The van der Waals surface area contributed by atoms with Crippen LogP contribution in [0.1, 0.15) is 89.3 Å². The molecule has 0 aromatic carbocycles. The number of anilines is 1.